The van der Waals surface area contributed by atoms with E-state index in [9.17, 15) is 4.79 Å². The standard InChI is InChI=1S/C12H14N4O2/c1-8-4-9(16(2)15-8)5-11(17)10-6-12(18-3)14-7-13-10/h4,6-7H,5H2,1-3H3. The molecule has 0 radical (unpaired) electrons. The van der Waals surface area contributed by atoms with Crippen molar-refractivity contribution in [2.75, 3.05) is 7.11 Å². The Morgan fingerprint density at radius 2 is 2.17 bits per heavy atom. The molecule has 0 aliphatic rings. The molecule has 0 aliphatic carbocycles. The average Bonchev–Trinajstić information content (AvgIpc) is 2.68. The van der Waals surface area contributed by atoms with Gasteiger partial charge in [-0.1, -0.05) is 0 Å². The number of hydrogen-bond donors (Lipinski definition) is 0. The van der Waals surface area contributed by atoms with Crippen LogP contribution < -0.4 is 4.74 Å². The van der Waals surface area contributed by atoms with Crippen molar-refractivity contribution in [1.82, 2.24) is 19.7 Å². The summed E-state index contributed by atoms with van der Waals surface area (Å²) in [6.45, 7) is 1.89. The smallest absolute Gasteiger partial charge is 0.216 e. The van der Waals surface area contributed by atoms with Crippen LogP contribution in [0.15, 0.2) is 18.5 Å². The summed E-state index contributed by atoms with van der Waals surface area (Å²) < 4.78 is 6.66. The Morgan fingerprint density at radius 3 is 2.78 bits per heavy atom. The fourth-order valence-corrected chi connectivity index (χ4v) is 1.69. The minimum atomic E-state index is -0.0845. The maximum atomic E-state index is 12.1. The number of aromatic nitrogens is 4. The van der Waals surface area contributed by atoms with E-state index in [-0.39, 0.29) is 12.2 Å². The van der Waals surface area contributed by atoms with E-state index < -0.39 is 0 Å². The molecule has 0 bridgehead atoms. The zero-order chi connectivity index (χ0) is 13.1. The number of carbonyl (C=O) groups excluding carboxylic acids is 1. The fraction of sp³-hybridized carbons (Fsp3) is 0.333. The summed E-state index contributed by atoms with van der Waals surface area (Å²) in [4.78, 5) is 19.9. The fourth-order valence-electron chi connectivity index (χ4n) is 1.69. The maximum absolute atomic E-state index is 12.1. The molecule has 6 heteroatoms. The van der Waals surface area contributed by atoms with Gasteiger partial charge in [0.1, 0.15) is 12.0 Å². The summed E-state index contributed by atoms with van der Waals surface area (Å²) in [5.74, 6) is 0.299. The molecule has 6 nitrogen and oxygen atoms in total. The molecule has 0 fully saturated rings. The number of Topliss-reactive ketones (excluding diaryl/α,β-unsaturated/α-hetero) is 1. The van der Waals surface area contributed by atoms with Gasteiger partial charge in [0.2, 0.25) is 5.88 Å². The number of ketones is 1. The third kappa shape index (κ3) is 2.53. The van der Waals surface area contributed by atoms with Crippen LogP contribution in [0.1, 0.15) is 21.9 Å². The molecule has 0 saturated heterocycles. The average molecular weight is 246 g/mol. The summed E-state index contributed by atoms with van der Waals surface area (Å²) in [5, 5.41) is 4.20. The van der Waals surface area contributed by atoms with Crippen LogP contribution in [0.2, 0.25) is 0 Å². The van der Waals surface area contributed by atoms with Crippen molar-refractivity contribution in [1.29, 1.82) is 0 Å². The first kappa shape index (κ1) is 12.2. The van der Waals surface area contributed by atoms with E-state index in [0.717, 1.165) is 11.4 Å². The first-order valence-corrected chi connectivity index (χ1v) is 5.49. The lowest BCUT2D eigenvalue weighted by molar-refractivity contribution is 0.0985. The van der Waals surface area contributed by atoms with Gasteiger partial charge in [-0.15, -0.1) is 0 Å². The molecule has 94 valence electrons. The monoisotopic (exact) mass is 246 g/mol. The minimum Gasteiger partial charge on any atom is -0.481 e. The molecule has 2 aromatic rings. The molecule has 0 aromatic carbocycles. The first-order chi connectivity index (χ1) is 8.60. The second-order valence-electron chi connectivity index (χ2n) is 3.95. The molecular formula is C12H14N4O2. The lowest BCUT2D eigenvalue weighted by Crippen LogP contribution is -2.10. The first-order valence-electron chi connectivity index (χ1n) is 5.49. The van der Waals surface area contributed by atoms with E-state index in [1.54, 1.807) is 4.68 Å². The summed E-state index contributed by atoms with van der Waals surface area (Å²) in [6.07, 6.45) is 1.58. The lowest BCUT2D eigenvalue weighted by atomic mass is 10.1. The predicted octanol–water partition coefficient (Wildman–Crippen LogP) is 0.953. The number of rotatable bonds is 4. The summed E-state index contributed by atoms with van der Waals surface area (Å²) in [7, 11) is 3.32. The topological polar surface area (TPSA) is 69.9 Å². The molecule has 2 aromatic heterocycles. The summed E-state index contributed by atoms with van der Waals surface area (Å²) >= 11 is 0. The molecule has 0 saturated carbocycles. The molecule has 18 heavy (non-hydrogen) atoms. The summed E-state index contributed by atoms with van der Waals surface area (Å²) in [6, 6.07) is 3.42. The lowest BCUT2D eigenvalue weighted by Gasteiger charge is -2.02. The molecule has 2 heterocycles. The van der Waals surface area contributed by atoms with E-state index in [4.69, 9.17) is 4.74 Å². The Labute approximate surface area is 105 Å². The number of ether oxygens (including phenoxy) is 1. The van der Waals surface area contributed by atoms with E-state index in [2.05, 4.69) is 15.1 Å². The van der Waals surface area contributed by atoms with Gasteiger partial charge in [0.15, 0.2) is 5.78 Å². The van der Waals surface area contributed by atoms with Gasteiger partial charge in [0.25, 0.3) is 0 Å². The van der Waals surface area contributed by atoms with Gasteiger partial charge in [0, 0.05) is 18.8 Å². The van der Waals surface area contributed by atoms with Crippen LogP contribution in [0.25, 0.3) is 0 Å². The number of carbonyl (C=O) groups is 1. The highest BCUT2D eigenvalue weighted by molar-refractivity contribution is 5.95. The Balaban J connectivity index is 2.19. The Morgan fingerprint density at radius 1 is 1.39 bits per heavy atom. The molecular weight excluding hydrogens is 232 g/mol. The SMILES string of the molecule is COc1cc(C(=O)Cc2cc(C)nn2C)ncn1. The summed E-state index contributed by atoms with van der Waals surface area (Å²) in [5.41, 5.74) is 2.09. The normalized spacial score (nSPS) is 10.4. The third-order valence-corrected chi connectivity index (χ3v) is 2.58. The predicted molar refractivity (Wildman–Crippen MR) is 64.6 cm³/mol. The van der Waals surface area contributed by atoms with Crippen LogP contribution in [0.5, 0.6) is 5.88 Å². The Bertz CT molecular complexity index is 577. The van der Waals surface area contributed by atoms with Gasteiger partial charge in [-0.05, 0) is 13.0 Å². The van der Waals surface area contributed by atoms with Crippen molar-refractivity contribution in [3.8, 4) is 5.88 Å². The quantitative estimate of drug-likeness (QED) is 0.751. The zero-order valence-corrected chi connectivity index (χ0v) is 10.5. The van der Waals surface area contributed by atoms with Crippen LogP contribution in [0.4, 0.5) is 0 Å². The molecule has 0 unspecified atom stereocenters. The van der Waals surface area contributed by atoms with Gasteiger partial charge in [-0.25, -0.2) is 9.97 Å². The van der Waals surface area contributed by atoms with Crippen molar-refractivity contribution in [2.24, 2.45) is 7.05 Å². The van der Waals surface area contributed by atoms with Crippen molar-refractivity contribution in [2.45, 2.75) is 13.3 Å². The second kappa shape index (κ2) is 4.95. The molecule has 0 N–H and O–H groups in total. The second-order valence-corrected chi connectivity index (χ2v) is 3.95. The molecule has 0 spiro atoms. The largest absolute Gasteiger partial charge is 0.481 e. The maximum Gasteiger partial charge on any atom is 0.216 e. The zero-order valence-electron chi connectivity index (χ0n) is 10.5. The number of nitrogens with zero attached hydrogens (tertiary/aromatic N) is 4. The number of methoxy groups -OCH3 is 1. The van der Waals surface area contributed by atoms with Gasteiger partial charge < -0.3 is 4.74 Å². The van der Waals surface area contributed by atoms with Crippen LogP contribution in [0, 0.1) is 6.92 Å². The van der Waals surface area contributed by atoms with E-state index >= 15 is 0 Å². The highest BCUT2D eigenvalue weighted by Crippen LogP contribution is 2.10. The van der Waals surface area contributed by atoms with Crippen molar-refractivity contribution >= 4 is 5.78 Å². The number of hydrogen-bond acceptors (Lipinski definition) is 5. The molecule has 0 amide bonds. The highest BCUT2D eigenvalue weighted by atomic mass is 16.5. The van der Waals surface area contributed by atoms with Gasteiger partial charge in [0.05, 0.1) is 19.2 Å². The third-order valence-electron chi connectivity index (χ3n) is 2.58. The van der Waals surface area contributed by atoms with Gasteiger partial charge in [-0.2, -0.15) is 5.10 Å². The molecule has 0 atom stereocenters. The number of aryl methyl sites for hydroxylation is 2. The van der Waals surface area contributed by atoms with E-state index in [0.29, 0.717) is 11.6 Å². The van der Waals surface area contributed by atoms with Crippen LogP contribution >= 0.6 is 0 Å². The van der Waals surface area contributed by atoms with Crippen LogP contribution in [0.3, 0.4) is 0 Å². The van der Waals surface area contributed by atoms with Crippen molar-refractivity contribution < 1.29 is 9.53 Å². The Hall–Kier alpha value is -2.24. The van der Waals surface area contributed by atoms with Crippen molar-refractivity contribution in [3.63, 3.8) is 0 Å². The molecule has 0 aliphatic heterocycles. The van der Waals surface area contributed by atoms with E-state index in [1.165, 1.54) is 19.5 Å². The van der Waals surface area contributed by atoms with E-state index in [1.807, 2.05) is 20.0 Å². The minimum absolute atomic E-state index is 0.0845. The molecule has 2 rings (SSSR count). The van der Waals surface area contributed by atoms with Gasteiger partial charge >= 0.3 is 0 Å². The van der Waals surface area contributed by atoms with Crippen molar-refractivity contribution in [3.05, 3.63) is 35.5 Å². The highest BCUT2D eigenvalue weighted by Gasteiger charge is 2.13. The van der Waals surface area contributed by atoms with Gasteiger partial charge in [-0.3, -0.25) is 9.48 Å². The van der Waals surface area contributed by atoms with Crippen LogP contribution in [-0.4, -0.2) is 32.6 Å². The Kier molecular flexibility index (Phi) is 3.36. The van der Waals surface area contributed by atoms with Crippen LogP contribution in [-0.2, 0) is 13.5 Å².